The van der Waals surface area contributed by atoms with Crippen LogP contribution in [-0.2, 0) is 30.2 Å². The van der Waals surface area contributed by atoms with Crippen molar-refractivity contribution in [3.8, 4) is 5.75 Å². The maximum absolute atomic E-state index is 14.0. The second kappa shape index (κ2) is 14.0. The predicted molar refractivity (Wildman–Crippen MR) is 163 cm³/mol. The van der Waals surface area contributed by atoms with E-state index in [1.54, 1.807) is 31.2 Å². The zero-order valence-electron chi connectivity index (χ0n) is 27.0. The first-order valence-corrected chi connectivity index (χ1v) is 15.2. The molecule has 12 nitrogen and oxygen atoms in total. The number of alkyl halides is 6. The fraction of sp³-hybridized carbons (Fsp3) is 0.484. The highest BCUT2D eigenvalue weighted by Gasteiger charge is 2.40. The fourth-order valence-electron chi connectivity index (χ4n) is 5.61. The van der Waals surface area contributed by atoms with E-state index in [-0.39, 0.29) is 37.5 Å². The molecule has 1 N–H and O–H groups in total. The third-order valence-corrected chi connectivity index (χ3v) is 8.05. The number of benzene rings is 1. The molecule has 0 radical (unpaired) electrons. The Kier molecular flexibility index (Phi) is 10.2. The van der Waals surface area contributed by atoms with E-state index in [4.69, 9.17) is 14.0 Å². The third-order valence-electron chi connectivity index (χ3n) is 8.05. The Bertz CT molecular complexity index is 1780. The van der Waals surface area contributed by atoms with Crippen molar-refractivity contribution in [2.45, 2.75) is 76.6 Å². The molecule has 1 aliphatic rings. The lowest BCUT2D eigenvalue weighted by Crippen LogP contribution is -2.50. The van der Waals surface area contributed by atoms with E-state index in [0.717, 1.165) is 23.3 Å². The van der Waals surface area contributed by atoms with E-state index in [1.165, 1.54) is 7.11 Å². The Morgan fingerprint density at radius 1 is 1.06 bits per heavy atom. The van der Waals surface area contributed by atoms with E-state index in [2.05, 4.69) is 30.5 Å². The Morgan fingerprint density at radius 2 is 1.76 bits per heavy atom. The molecule has 5 rings (SSSR count). The summed E-state index contributed by atoms with van der Waals surface area (Å²) in [5.41, 5.74) is -4.04. The van der Waals surface area contributed by atoms with Crippen molar-refractivity contribution in [1.82, 2.24) is 29.9 Å². The van der Waals surface area contributed by atoms with Crippen LogP contribution in [0.5, 0.6) is 5.75 Å². The van der Waals surface area contributed by atoms with Gasteiger partial charge >= 0.3 is 12.4 Å². The van der Waals surface area contributed by atoms with Gasteiger partial charge in [-0.2, -0.15) is 36.4 Å². The van der Waals surface area contributed by atoms with E-state index in [0.29, 0.717) is 36.5 Å². The number of aromatic nitrogens is 6. The lowest BCUT2D eigenvalue weighted by atomic mass is 9.82. The van der Waals surface area contributed by atoms with Crippen LogP contribution >= 0.6 is 0 Å². The number of halogens is 6. The molecule has 0 amide bonds. The zero-order chi connectivity index (χ0) is 35.6. The zero-order valence-corrected chi connectivity index (χ0v) is 27.0. The number of ether oxygens (including phenoxy) is 2. The molecular formula is C31H34F6N8O4. The van der Waals surface area contributed by atoms with Crippen molar-refractivity contribution in [1.29, 1.82) is 0 Å². The van der Waals surface area contributed by atoms with Crippen molar-refractivity contribution in [2.24, 2.45) is 0 Å². The van der Waals surface area contributed by atoms with Gasteiger partial charge in [0, 0.05) is 36.4 Å². The molecule has 264 valence electrons. The van der Waals surface area contributed by atoms with E-state index >= 15 is 0 Å². The highest BCUT2D eigenvalue weighted by atomic mass is 19.4. The van der Waals surface area contributed by atoms with Gasteiger partial charge in [-0.05, 0) is 51.3 Å². The van der Waals surface area contributed by atoms with E-state index in [1.807, 2.05) is 18.7 Å². The Labute approximate surface area is 276 Å². The molecule has 2 unspecified atom stereocenters. The van der Waals surface area contributed by atoms with E-state index < -0.39 is 46.3 Å². The molecule has 1 saturated heterocycles. The number of nitrogens with one attached hydrogen (secondary N) is 1. The minimum Gasteiger partial charge on any atom is -0.497 e. The summed E-state index contributed by atoms with van der Waals surface area (Å²) in [5.74, 6) is 1.22. The molecular weight excluding hydrogens is 662 g/mol. The Morgan fingerprint density at radius 3 is 2.37 bits per heavy atom. The Balaban J connectivity index is 1.16. The van der Waals surface area contributed by atoms with Crippen molar-refractivity contribution < 1.29 is 40.3 Å². The summed E-state index contributed by atoms with van der Waals surface area (Å²) in [6.45, 7) is 5.51. The smallest absolute Gasteiger partial charge is 0.423 e. The summed E-state index contributed by atoms with van der Waals surface area (Å²) in [6.07, 6.45) is -5.89. The van der Waals surface area contributed by atoms with Crippen molar-refractivity contribution in [2.75, 3.05) is 30.5 Å². The molecule has 1 aliphatic heterocycles. The van der Waals surface area contributed by atoms with Gasteiger partial charge in [0.2, 0.25) is 5.95 Å². The number of hydrogen-bond donors (Lipinski definition) is 1. The second-order valence-corrected chi connectivity index (χ2v) is 12.3. The molecule has 49 heavy (non-hydrogen) atoms. The van der Waals surface area contributed by atoms with Crippen LogP contribution in [0.1, 0.15) is 67.9 Å². The highest BCUT2D eigenvalue weighted by Crippen LogP contribution is 2.39. The quantitative estimate of drug-likeness (QED) is 0.194. The molecule has 0 bridgehead atoms. The minimum atomic E-state index is -4.94. The summed E-state index contributed by atoms with van der Waals surface area (Å²) in [5, 5.41) is 10.7. The topological polar surface area (TPSA) is 133 Å². The number of piperidine rings is 1. The van der Waals surface area contributed by atoms with Gasteiger partial charge < -0.3 is 24.2 Å². The van der Waals surface area contributed by atoms with Crippen molar-refractivity contribution in [3.05, 3.63) is 81.6 Å². The molecule has 3 aromatic heterocycles. The first kappa shape index (κ1) is 35.6. The van der Waals surface area contributed by atoms with Crippen LogP contribution in [0.15, 0.2) is 52.2 Å². The lowest BCUT2D eigenvalue weighted by Gasteiger charge is -2.45. The predicted octanol–water partition coefficient (Wildman–Crippen LogP) is 5.69. The summed E-state index contributed by atoms with van der Waals surface area (Å²) in [4.78, 5) is 27.0. The van der Waals surface area contributed by atoms with Crippen LogP contribution in [0.2, 0.25) is 0 Å². The first-order chi connectivity index (χ1) is 23.0. The first-order valence-electron chi connectivity index (χ1n) is 15.2. The van der Waals surface area contributed by atoms with Gasteiger partial charge in [-0.25, -0.2) is 14.6 Å². The maximum atomic E-state index is 14.0. The molecule has 18 heteroatoms. The van der Waals surface area contributed by atoms with Gasteiger partial charge in [0.25, 0.3) is 11.4 Å². The molecule has 4 aromatic rings. The number of anilines is 2. The van der Waals surface area contributed by atoms with Crippen LogP contribution in [0.3, 0.4) is 0 Å². The SMILES string of the molecule is COc1ccc(Cn2ncc(NC(C)COCc3nc(C4CCN(c5ncc(C(F)(F)F)cn5)C(C)(C)C4)no3)c(C(F)(F)F)c2=O)cc1. The third kappa shape index (κ3) is 8.47. The Hall–Kier alpha value is -4.74. The normalized spacial score (nSPS) is 17.2. The number of rotatable bonds is 11. The molecule has 0 saturated carbocycles. The average Bonchev–Trinajstić information content (AvgIpc) is 3.50. The molecule has 2 atom stereocenters. The molecule has 0 aliphatic carbocycles. The van der Waals surface area contributed by atoms with E-state index in [9.17, 15) is 31.1 Å². The average molecular weight is 697 g/mol. The van der Waals surface area contributed by atoms with Crippen molar-refractivity contribution in [3.63, 3.8) is 0 Å². The van der Waals surface area contributed by atoms with Crippen molar-refractivity contribution >= 4 is 11.6 Å². The van der Waals surface area contributed by atoms with Gasteiger partial charge in [0.1, 0.15) is 17.9 Å². The maximum Gasteiger partial charge on any atom is 0.423 e. The lowest BCUT2D eigenvalue weighted by molar-refractivity contribution is -0.139. The molecule has 1 aromatic carbocycles. The summed E-state index contributed by atoms with van der Waals surface area (Å²) >= 11 is 0. The van der Waals surface area contributed by atoms with Crippen LogP contribution in [0, 0.1) is 0 Å². The van der Waals surface area contributed by atoms with Crippen LogP contribution in [-0.4, -0.2) is 61.7 Å². The number of hydrogen-bond acceptors (Lipinski definition) is 11. The summed E-state index contributed by atoms with van der Waals surface area (Å²) < 4.78 is 97.6. The molecule has 4 heterocycles. The van der Waals surface area contributed by atoms with Gasteiger partial charge in [-0.15, -0.1) is 0 Å². The largest absolute Gasteiger partial charge is 0.497 e. The summed E-state index contributed by atoms with van der Waals surface area (Å²) in [6, 6.07) is 5.85. The number of methoxy groups -OCH3 is 1. The van der Waals surface area contributed by atoms with Gasteiger partial charge in [0.15, 0.2) is 5.82 Å². The van der Waals surface area contributed by atoms with Gasteiger partial charge in [-0.3, -0.25) is 4.79 Å². The second-order valence-electron chi connectivity index (χ2n) is 12.3. The fourth-order valence-corrected chi connectivity index (χ4v) is 5.61. The standard InChI is InChI=1S/C31H34F6N8O4/c1-18(41-23-14-40-45(27(46)25(23)31(35,36)37)15-19-5-7-22(47-4)8-6-19)16-48-17-24-42-26(43-49-24)20-9-10-44(29(2,3)11-20)28-38-12-21(13-39-28)30(32,33)34/h5-8,12-14,18,20,41H,9-11,15-17H2,1-4H3. The van der Waals surface area contributed by atoms with Gasteiger partial charge in [-0.1, -0.05) is 17.3 Å². The monoisotopic (exact) mass is 696 g/mol. The van der Waals surface area contributed by atoms with Gasteiger partial charge in [0.05, 0.1) is 37.7 Å². The minimum absolute atomic E-state index is 0.0670. The van der Waals surface area contributed by atoms with Crippen LogP contribution in [0.4, 0.5) is 38.0 Å². The summed E-state index contributed by atoms with van der Waals surface area (Å²) in [7, 11) is 1.48. The molecule has 0 spiro atoms. The van der Waals surface area contributed by atoms with Crippen LogP contribution < -0.4 is 20.5 Å². The highest BCUT2D eigenvalue weighted by molar-refractivity contribution is 5.50. The number of nitrogens with zero attached hydrogens (tertiary/aromatic N) is 7. The van der Waals surface area contributed by atoms with Crippen LogP contribution in [0.25, 0.3) is 0 Å². The molecule has 1 fully saturated rings.